The Morgan fingerprint density at radius 2 is 1.81 bits per heavy atom. The number of fused-ring (bicyclic) bond motifs is 1. The van der Waals surface area contributed by atoms with E-state index in [9.17, 15) is 4.79 Å². The van der Waals surface area contributed by atoms with Crippen molar-refractivity contribution in [1.82, 2.24) is 14.9 Å². The summed E-state index contributed by atoms with van der Waals surface area (Å²) in [6.07, 6.45) is 3.98. The van der Waals surface area contributed by atoms with Crippen LogP contribution in [0.3, 0.4) is 0 Å². The number of nitrogens with zero attached hydrogens (tertiary/aromatic N) is 4. The summed E-state index contributed by atoms with van der Waals surface area (Å²) in [6, 6.07) is 19.0. The first-order valence-electron chi connectivity index (χ1n) is 14.9. The number of carbonyl (C=O) groups excluding carboxylic acids is 1. The average Bonchev–Trinajstić information content (AvgIpc) is 3.66. The van der Waals surface area contributed by atoms with E-state index in [1.54, 1.807) is 11.9 Å². The number of pyridine rings is 1. The number of morpholine rings is 1. The number of aromatic nitrogens is 2. The summed E-state index contributed by atoms with van der Waals surface area (Å²) in [7, 11) is 1.75. The van der Waals surface area contributed by atoms with Gasteiger partial charge in [0.05, 0.1) is 19.8 Å². The first-order chi connectivity index (χ1) is 20.8. The van der Waals surface area contributed by atoms with Crippen molar-refractivity contribution < 1.29 is 19.0 Å². The minimum absolute atomic E-state index is 0.114. The van der Waals surface area contributed by atoms with E-state index in [0.29, 0.717) is 13.1 Å². The van der Waals surface area contributed by atoms with Gasteiger partial charge in [0.1, 0.15) is 23.1 Å². The molecule has 4 aromatic rings. The first kappa shape index (κ1) is 28.7. The quantitative estimate of drug-likeness (QED) is 0.274. The number of aliphatic imine (C=N–C) groups is 1. The van der Waals surface area contributed by atoms with Crippen LogP contribution in [0.1, 0.15) is 32.8 Å². The molecule has 0 unspecified atom stereocenters. The molecule has 4 heterocycles. The third-order valence-electron chi connectivity index (χ3n) is 7.77. The van der Waals surface area contributed by atoms with E-state index in [-0.39, 0.29) is 12.2 Å². The molecule has 0 radical (unpaired) electrons. The molecule has 6 rings (SSSR count). The highest BCUT2D eigenvalue weighted by Crippen LogP contribution is 2.34. The van der Waals surface area contributed by atoms with Crippen molar-refractivity contribution in [1.29, 1.82) is 0 Å². The first-order valence-corrected chi connectivity index (χ1v) is 14.9. The maximum absolute atomic E-state index is 12.5. The van der Waals surface area contributed by atoms with Crippen LogP contribution in [0, 0.1) is 0 Å². The molecular weight excluding hydrogens is 542 g/mol. The Morgan fingerprint density at radius 3 is 2.56 bits per heavy atom. The van der Waals surface area contributed by atoms with Gasteiger partial charge in [-0.3, -0.25) is 4.99 Å². The Morgan fingerprint density at radius 1 is 1.05 bits per heavy atom. The minimum Gasteiger partial charge on any atom is -0.488 e. The maximum atomic E-state index is 12.5. The summed E-state index contributed by atoms with van der Waals surface area (Å²) in [4.78, 5) is 29.0. The molecule has 2 fully saturated rings. The number of ether oxygens (including phenoxy) is 3. The highest BCUT2D eigenvalue weighted by molar-refractivity contribution is 5.97. The molecular formula is C34H39N5O4. The van der Waals surface area contributed by atoms with Gasteiger partial charge in [-0.05, 0) is 73.9 Å². The molecule has 2 aromatic carbocycles. The zero-order valence-corrected chi connectivity index (χ0v) is 25.3. The summed E-state index contributed by atoms with van der Waals surface area (Å²) < 4.78 is 17.4. The topological polar surface area (TPSA) is 92.3 Å². The SMILES string of the molecule is CN=Cc1cc(-c2ccnc3[nH]c(-c4ccc(N5CCOCC5)cc4)cc23)ccc1O[C@@H]1CCN(C(=O)OC(C)(C)C)C1. The smallest absolute Gasteiger partial charge is 0.410 e. The van der Waals surface area contributed by atoms with Gasteiger partial charge in [-0.25, -0.2) is 9.78 Å². The molecule has 43 heavy (non-hydrogen) atoms. The Kier molecular flexibility index (Phi) is 8.08. The molecule has 1 atom stereocenters. The molecule has 2 aromatic heterocycles. The van der Waals surface area contributed by atoms with Crippen molar-refractivity contribution in [3.05, 3.63) is 66.4 Å². The van der Waals surface area contributed by atoms with Crippen molar-refractivity contribution >= 4 is 29.0 Å². The molecule has 2 saturated heterocycles. The fourth-order valence-electron chi connectivity index (χ4n) is 5.67. The second kappa shape index (κ2) is 12.1. The number of H-pyrrole nitrogens is 1. The number of aromatic amines is 1. The third-order valence-corrected chi connectivity index (χ3v) is 7.77. The molecule has 1 N–H and O–H groups in total. The molecule has 224 valence electrons. The Labute approximate surface area is 252 Å². The van der Waals surface area contributed by atoms with E-state index in [2.05, 4.69) is 62.3 Å². The number of likely N-dealkylation sites (tertiary alicyclic amines) is 1. The molecule has 0 saturated carbocycles. The summed E-state index contributed by atoms with van der Waals surface area (Å²) in [5, 5.41) is 1.05. The summed E-state index contributed by atoms with van der Waals surface area (Å²) in [5.41, 5.74) is 6.67. The summed E-state index contributed by atoms with van der Waals surface area (Å²) in [5.74, 6) is 0.741. The minimum atomic E-state index is -0.525. The summed E-state index contributed by atoms with van der Waals surface area (Å²) >= 11 is 0. The number of rotatable bonds is 6. The second-order valence-electron chi connectivity index (χ2n) is 12.0. The normalized spacial score (nSPS) is 17.6. The van der Waals surface area contributed by atoms with E-state index in [1.807, 2.05) is 45.3 Å². The van der Waals surface area contributed by atoms with Crippen LogP contribution in [-0.2, 0) is 9.47 Å². The van der Waals surface area contributed by atoms with Crippen molar-refractivity contribution in [3.63, 3.8) is 0 Å². The fraction of sp³-hybridized carbons (Fsp3) is 0.382. The van der Waals surface area contributed by atoms with Crippen molar-refractivity contribution in [2.75, 3.05) is 51.3 Å². The molecule has 9 heteroatoms. The lowest BCUT2D eigenvalue weighted by molar-refractivity contribution is 0.0275. The molecule has 0 bridgehead atoms. The molecule has 2 aliphatic rings. The molecule has 9 nitrogen and oxygen atoms in total. The van der Waals surface area contributed by atoms with E-state index in [1.165, 1.54) is 5.69 Å². The van der Waals surface area contributed by atoms with Gasteiger partial charge in [0.15, 0.2) is 0 Å². The Hall–Kier alpha value is -4.37. The van der Waals surface area contributed by atoms with Crippen LogP contribution in [0.5, 0.6) is 5.75 Å². The number of hydrogen-bond acceptors (Lipinski definition) is 7. The van der Waals surface area contributed by atoms with Crippen molar-refractivity contribution in [2.24, 2.45) is 4.99 Å². The lowest BCUT2D eigenvalue weighted by Crippen LogP contribution is -2.36. The van der Waals surface area contributed by atoms with Crippen molar-refractivity contribution in [3.8, 4) is 28.1 Å². The molecule has 0 spiro atoms. The summed E-state index contributed by atoms with van der Waals surface area (Å²) in [6.45, 7) is 10.1. The van der Waals surface area contributed by atoms with Crippen LogP contribution in [0.25, 0.3) is 33.4 Å². The fourth-order valence-corrected chi connectivity index (χ4v) is 5.67. The van der Waals surface area contributed by atoms with Crippen LogP contribution >= 0.6 is 0 Å². The number of benzene rings is 2. The molecule has 1 amide bonds. The predicted molar refractivity (Wildman–Crippen MR) is 170 cm³/mol. The standard InChI is InChI=1S/C34H39N5O4/c1-34(2,3)43-33(40)39-14-12-27(22-39)42-31-10-7-24(19-25(31)21-35-4)28-11-13-36-32-29(28)20-30(37-32)23-5-8-26(9-6-23)38-15-17-41-18-16-38/h5-11,13,19-21,27H,12,14-18,22H2,1-4H3,(H,36,37)/t27-/m1/s1. The monoisotopic (exact) mass is 581 g/mol. The van der Waals surface area contributed by atoms with Gasteiger partial charge >= 0.3 is 6.09 Å². The number of carbonyl (C=O) groups is 1. The molecule has 2 aliphatic heterocycles. The lowest BCUT2D eigenvalue weighted by Gasteiger charge is -2.28. The largest absolute Gasteiger partial charge is 0.488 e. The number of nitrogens with one attached hydrogen (secondary N) is 1. The number of hydrogen-bond donors (Lipinski definition) is 1. The van der Waals surface area contributed by atoms with Gasteiger partial charge < -0.3 is 29.0 Å². The average molecular weight is 582 g/mol. The van der Waals surface area contributed by atoms with Gasteiger partial charge in [-0.15, -0.1) is 0 Å². The van der Waals surface area contributed by atoms with Crippen LogP contribution in [0.4, 0.5) is 10.5 Å². The van der Waals surface area contributed by atoms with Crippen LogP contribution < -0.4 is 9.64 Å². The van der Waals surface area contributed by atoms with Gasteiger partial charge in [0.2, 0.25) is 0 Å². The van der Waals surface area contributed by atoms with Crippen molar-refractivity contribution in [2.45, 2.75) is 38.9 Å². The van der Waals surface area contributed by atoms with Crippen LogP contribution in [-0.4, -0.2) is 85.3 Å². The highest BCUT2D eigenvalue weighted by atomic mass is 16.6. The number of anilines is 1. The van der Waals surface area contributed by atoms with Crippen LogP contribution in [0.15, 0.2) is 65.8 Å². The van der Waals surface area contributed by atoms with Gasteiger partial charge in [0.25, 0.3) is 0 Å². The van der Waals surface area contributed by atoms with E-state index in [0.717, 1.165) is 77.5 Å². The van der Waals surface area contributed by atoms with Gasteiger partial charge in [-0.1, -0.05) is 18.2 Å². The van der Waals surface area contributed by atoms with E-state index < -0.39 is 5.60 Å². The zero-order valence-electron chi connectivity index (χ0n) is 25.3. The van der Waals surface area contributed by atoms with Gasteiger partial charge in [-0.2, -0.15) is 0 Å². The lowest BCUT2D eigenvalue weighted by atomic mass is 10.0. The maximum Gasteiger partial charge on any atom is 0.410 e. The zero-order chi connectivity index (χ0) is 30.0. The Balaban J connectivity index is 1.22. The van der Waals surface area contributed by atoms with E-state index in [4.69, 9.17) is 14.2 Å². The highest BCUT2D eigenvalue weighted by Gasteiger charge is 2.31. The third kappa shape index (κ3) is 6.51. The second-order valence-corrected chi connectivity index (χ2v) is 12.0. The number of amides is 1. The van der Waals surface area contributed by atoms with Crippen LogP contribution in [0.2, 0.25) is 0 Å². The predicted octanol–water partition coefficient (Wildman–Crippen LogP) is 6.17. The van der Waals surface area contributed by atoms with E-state index >= 15 is 0 Å². The Bertz CT molecular complexity index is 1620. The molecule has 0 aliphatic carbocycles. The van der Waals surface area contributed by atoms with Gasteiger partial charge in [0, 0.05) is 67.8 Å².